The SMILES string of the molecule is c1ccc(-c2nc(-c3ccc4c(c3)sc3cc(-c5cccc6sc7ccccc7c56)ccc34)nc(-n3c4ccccc4c4ccccc43)n2)cc1. The minimum absolute atomic E-state index is 0.604. The second-order valence-electron chi connectivity index (χ2n) is 12.8. The molecule has 7 aromatic carbocycles. The number of aromatic nitrogens is 4. The molecular formula is C45H26N4S2. The van der Waals surface area contributed by atoms with Gasteiger partial charge >= 0.3 is 0 Å². The van der Waals surface area contributed by atoms with Crippen molar-refractivity contribution in [2.45, 2.75) is 0 Å². The van der Waals surface area contributed by atoms with Crippen molar-refractivity contribution in [1.29, 1.82) is 0 Å². The van der Waals surface area contributed by atoms with Crippen LogP contribution in [0.5, 0.6) is 0 Å². The number of hydrogen-bond acceptors (Lipinski definition) is 5. The van der Waals surface area contributed by atoms with Crippen LogP contribution in [0.25, 0.3) is 102 Å². The van der Waals surface area contributed by atoms with Crippen LogP contribution >= 0.6 is 22.7 Å². The third kappa shape index (κ3) is 4.47. The molecule has 0 bridgehead atoms. The monoisotopic (exact) mass is 686 g/mol. The molecule has 0 atom stereocenters. The molecule has 11 aromatic rings. The van der Waals surface area contributed by atoms with E-state index in [1.165, 1.54) is 62.2 Å². The summed E-state index contributed by atoms with van der Waals surface area (Å²) >= 11 is 3.69. The van der Waals surface area contributed by atoms with E-state index in [2.05, 4.69) is 144 Å². The lowest BCUT2D eigenvalue weighted by Crippen LogP contribution is -2.06. The molecule has 0 N–H and O–H groups in total. The summed E-state index contributed by atoms with van der Waals surface area (Å²) < 4.78 is 7.29. The molecule has 51 heavy (non-hydrogen) atoms. The molecule has 4 nitrogen and oxygen atoms in total. The van der Waals surface area contributed by atoms with Gasteiger partial charge in [-0.15, -0.1) is 22.7 Å². The first-order valence-electron chi connectivity index (χ1n) is 16.9. The van der Waals surface area contributed by atoms with Crippen molar-refractivity contribution in [2.75, 3.05) is 0 Å². The van der Waals surface area contributed by atoms with Crippen LogP contribution in [0.2, 0.25) is 0 Å². The Morgan fingerprint density at radius 1 is 0.373 bits per heavy atom. The van der Waals surface area contributed by atoms with Crippen LogP contribution in [0.1, 0.15) is 0 Å². The van der Waals surface area contributed by atoms with Gasteiger partial charge in [-0.3, -0.25) is 4.57 Å². The van der Waals surface area contributed by atoms with Gasteiger partial charge in [0.25, 0.3) is 0 Å². The van der Waals surface area contributed by atoms with Crippen molar-refractivity contribution < 1.29 is 0 Å². The van der Waals surface area contributed by atoms with Crippen LogP contribution in [-0.2, 0) is 0 Å². The third-order valence-corrected chi connectivity index (χ3v) is 12.1. The Morgan fingerprint density at radius 2 is 0.941 bits per heavy atom. The van der Waals surface area contributed by atoms with Gasteiger partial charge in [0.05, 0.1) is 11.0 Å². The van der Waals surface area contributed by atoms with Crippen LogP contribution in [0.15, 0.2) is 158 Å². The molecule has 4 aromatic heterocycles. The maximum atomic E-state index is 5.18. The van der Waals surface area contributed by atoms with Gasteiger partial charge in [0.2, 0.25) is 5.95 Å². The van der Waals surface area contributed by atoms with Gasteiger partial charge in [-0.1, -0.05) is 121 Å². The molecule has 0 unspecified atom stereocenters. The smallest absolute Gasteiger partial charge is 0.238 e. The Hall–Kier alpha value is -6.21. The van der Waals surface area contributed by atoms with Crippen LogP contribution in [-0.4, -0.2) is 19.5 Å². The van der Waals surface area contributed by atoms with E-state index in [0.717, 1.165) is 22.2 Å². The summed E-state index contributed by atoms with van der Waals surface area (Å²) in [6.07, 6.45) is 0. The first kappa shape index (κ1) is 28.6. The average molecular weight is 687 g/mol. The summed E-state index contributed by atoms with van der Waals surface area (Å²) in [4.78, 5) is 15.3. The first-order chi connectivity index (χ1) is 25.3. The molecule has 0 saturated carbocycles. The molecule has 0 amide bonds. The molecular weight excluding hydrogens is 661 g/mol. The largest absolute Gasteiger partial charge is 0.278 e. The van der Waals surface area contributed by atoms with Crippen molar-refractivity contribution in [2.24, 2.45) is 0 Å². The van der Waals surface area contributed by atoms with Crippen molar-refractivity contribution in [3.8, 4) is 39.9 Å². The van der Waals surface area contributed by atoms with Crippen molar-refractivity contribution in [3.05, 3.63) is 158 Å². The summed E-state index contributed by atoms with van der Waals surface area (Å²) in [5.74, 6) is 1.90. The minimum atomic E-state index is 0.604. The second kappa shape index (κ2) is 11.2. The number of benzene rings is 7. The average Bonchev–Trinajstić information content (AvgIpc) is 3.87. The quantitative estimate of drug-likeness (QED) is 0.185. The van der Waals surface area contributed by atoms with E-state index in [1.807, 2.05) is 40.9 Å². The maximum Gasteiger partial charge on any atom is 0.238 e. The summed E-state index contributed by atoms with van der Waals surface area (Å²) in [6.45, 7) is 0. The van der Waals surface area contributed by atoms with Crippen molar-refractivity contribution in [3.63, 3.8) is 0 Å². The highest BCUT2D eigenvalue weighted by Gasteiger charge is 2.19. The van der Waals surface area contributed by atoms with Crippen LogP contribution in [0.4, 0.5) is 0 Å². The minimum Gasteiger partial charge on any atom is -0.278 e. The zero-order valence-electron chi connectivity index (χ0n) is 27.1. The molecule has 0 radical (unpaired) electrons. The molecule has 0 aliphatic heterocycles. The normalized spacial score (nSPS) is 11.9. The summed E-state index contributed by atoms with van der Waals surface area (Å²) in [5, 5.41) is 7.51. The van der Waals surface area contributed by atoms with E-state index in [4.69, 9.17) is 15.0 Å². The fraction of sp³-hybridized carbons (Fsp3) is 0. The predicted molar refractivity (Wildman–Crippen MR) is 216 cm³/mol. The van der Waals surface area contributed by atoms with Crippen LogP contribution in [0, 0.1) is 0 Å². The molecule has 4 heterocycles. The van der Waals surface area contributed by atoms with E-state index < -0.39 is 0 Å². The number of para-hydroxylation sites is 2. The van der Waals surface area contributed by atoms with Gasteiger partial charge in [-0.2, -0.15) is 9.97 Å². The molecule has 6 heteroatoms. The van der Waals surface area contributed by atoms with Gasteiger partial charge in [-0.25, -0.2) is 4.98 Å². The lowest BCUT2D eigenvalue weighted by atomic mass is 9.98. The Morgan fingerprint density at radius 3 is 1.69 bits per heavy atom. The van der Waals surface area contributed by atoms with E-state index in [9.17, 15) is 0 Å². The molecule has 238 valence electrons. The predicted octanol–water partition coefficient (Wildman–Crippen LogP) is 12.7. The first-order valence-corrected chi connectivity index (χ1v) is 18.6. The summed E-state index contributed by atoms with van der Waals surface area (Å²) in [5.41, 5.74) is 6.57. The Kier molecular flexibility index (Phi) is 6.26. The van der Waals surface area contributed by atoms with Gasteiger partial charge in [0, 0.05) is 62.2 Å². The molecule has 0 fully saturated rings. The Bertz CT molecular complexity index is 3100. The lowest BCUT2D eigenvalue weighted by molar-refractivity contribution is 0.954. The zero-order chi connectivity index (χ0) is 33.5. The van der Waals surface area contributed by atoms with E-state index in [-0.39, 0.29) is 0 Å². The van der Waals surface area contributed by atoms with Gasteiger partial charge < -0.3 is 0 Å². The van der Waals surface area contributed by atoms with Gasteiger partial charge in [0.15, 0.2) is 11.6 Å². The summed E-state index contributed by atoms with van der Waals surface area (Å²) in [7, 11) is 0. The topological polar surface area (TPSA) is 43.6 Å². The number of hydrogen-bond donors (Lipinski definition) is 0. The zero-order valence-corrected chi connectivity index (χ0v) is 28.7. The Labute approximate surface area is 300 Å². The Balaban J connectivity index is 1.08. The third-order valence-electron chi connectivity index (χ3n) is 9.88. The van der Waals surface area contributed by atoms with Gasteiger partial charge in [0.1, 0.15) is 0 Å². The lowest BCUT2D eigenvalue weighted by Gasteiger charge is -2.11. The van der Waals surface area contributed by atoms with Crippen LogP contribution < -0.4 is 0 Å². The highest BCUT2D eigenvalue weighted by Crippen LogP contribution is 2.43. The molecule has 11 rings (SSSR count). The van der Waals surface area contributed by atoms with Gasteiger partial charge in [-0.05, 0) is 47.5 Å². The van der Waals surface area contributed by atoms with Crippen molar-refractivity contribution >= 4 is 84.8 Å². The van der Waals surface area contributed by atoms with E-state index in [0.29, 0.717) is 17.6 Å². The summed E-state index contributed by atoms with van der Waals surface area (Å²) in [6, 6.07) is 56.0. The highest BCUT2D eigenvalue weighted by molar-refractivity contribution is 7.26. The molecule has 0 aliphatic carbocycles. The second-order valence-corrected chi connectivity index (χ2v) is 15.0. The maximum absolute atomic E-state index is 5.18. The molecule has 0 spiro atoms. The standard InChI is InChI=1S/C45H26N4S2/c1-2-11-27(12-3-1)43-46-44(48-45(47-43)49-36-17-7-4-13-31(36)32-14-5-8-18-37(32)49)29-22-24-34-33-23-21-28(25-40(33)51-41(34)26-29)30-16-10-20-39-42(30)35-15-6-9-19-38(35)50-39/h1-26H. The highest BCUT2D eigenvalue weighted by atomic mass is 32.1. The molecule has 0 aliphatic rings. The number of thiophene rings is 2. The fourth-order valence-corrected chi connectivity index (χ4v) is 9.86. The molecule has 0 saturated heterocycles. The number of rotatable bonds is 4. The van der Waals surface area contributed by atoms with E-state index in [1.54, 1.807) is 0 Å². The number of nitrogens with zero attached hydrogens (tertiary/aromatic N) is 4. The van der Waals surface area contributed by atoms with E-state index >= 15 is 0 Å². The van der Waals surface area contributed by atoms with Crippen LogP contribution in [0.3, 0.4) is 0 Å². The fourth-order valence-electron chi connectivity index (χ4n) is 7.55. The van der Waals surface area contributed by atoms with Crippen molar-refractivity contribution in [1.82, 2.24) is 19.5 Å². The number of fused-ring (bicyclic) bond motifs is 9.